The number of benzene rings is 8. The number of aromatic carboxylic acids is 1. The zero-order valence-electron chi connectivity index (χ0n) is 27.6. The smallest absolute Gasteiger partial charge is 0.336 e. The van der Waals surface area contributed by atoms with E-state index in [0.29, 0.717) is 11.1 Å². The highest BCUT2D eigenvalue weighted by atomic mass is 79.9. The Balaban J connectivity index is 0.000000132. The largest absolute Gasteiger partial charge is 0.478 e. The molecule has 8 aromatic carbocycles. The molecule has 7 heteroatoms. The highest BCUT2D eigenvalue weighted by Gasteiger charge is 2.32. The number of carbonyl (C=O) groups excluding carboxylic acids is 1. The minimum absolute atomic E-state index is 0.0591. The van der Waals surface area contributed by atoms with Crippen molar-refractivity contribution in [1.29, 1.82) is 0 Å². The van der Waals surface area contributed by atoms with Crippen molar-refractivity contribution >= 4 is 109 Å². The molecule has 10 aromatic rings. The van der Waals surface area contributed by atoms with Crippen LogP contribution in [0.4, 0.5) is 0 Å². The second-order valence-corrected chi connectivity index (χ2v) is 14.7. The number of carboxylic acid groups (broad SMARTS) is 1. The second-order valence-electron chi connectivity index (χ2n) is 13.0. The predicted molar refractivity (Wildman–Crippen MR) is 219 cm³/mol. The lowest BCUT2D eigenvalue weighted by atomic mass is 9.92. The summed E-state index contributed by atoms with van der Waals surface area (Å²) >= 11 is 7.14. The van der Waals surface area contributed by atoms with Crippen LogP contribution in [-0.4, -0.2) is 16.9 Å². The van der Waals surface area contributed by atoms with E-state index in [2.05, 4.69) is 50.1 Å². The van der Waals surface area contributed by atoms with E-state index in [1.807, 2.05) is 115 Å². The molecule has 53 heavy (non-hydrogen) atoms. The first-order valence-corrected chi connectivity index (χ1v) is 18.5. The molecule has 2 heterocycles. The summed E-state index contributed by atoms with van der Waals surface area (Å²) in [6, 6.07) is 45.2. The van der Waals surface area contributed by atoms with Crippen LogP contribution < -0.4 is 0 Å². The Hall–Kier alpha value is -6.02. The van der Waals surface area contributed by atoms with Gasteiger partial charge in [0, 0.05) is 63.9 Å². The SMILES string of the molecule is O=C(O)c1cc(Br)c2ccccc2c1-c1cccc2c1oc1ccccc12.O=C1c2cc(Br)c3ccccc3c2-c2c1ccc1c2oc2ccccc21. The molecule has 0 amide bonds. The molecule has 0 saturated heterocycles. The van der Waals surface area contributed by atoms with E-state index in [1.54, 1.807) is 6.07 Å². The number of carbonyl (C=O) groups is 2. The molecule has 0 aliphatic heterocycles. The molecule has 0 atom stereocenters. The third kappa shape index (κ3) is 4.74. The Morgan fingerprint density at radius 2 is 0.962 bits per heavy atom. The van der Waals surface area contributed by atoms with Crippen LogP contribution in [0.2, 0.25) is 0 Å². The van der Waals surface area contributed by atoms with Crippen molar-refractivity contribution < 1.29 is 23.5 Å². The number of halogens is 2. The Labute approximate surface area is 318 Å². The van der Waals surface area contributed by atoms with Crippen LogP contribution in [0.5, 0.6) is 0 Å². The van der Waals surface area contributed by atoms with Gasteiger partial charge in [0.2, 0.25) is 0 Å². The van der Waals surface area contributed by atoms with E-state index in [4.69, 9.17) is 8.83 Å². The van der Waals surface area contributed by atoms with Crippen molar-refractivity contribution in [3.8, 4) is 22.3 Å². The molecular formula is C46H24Br2O5. The molecule has 0 unspecified atom stereocenters. The van der Waals surface area contributed by atoms with Crippen LogP contribution in [0.3, 0.4) is 0 Å². The average molecular weight is 817 g/mol. The van der Waals surface area contributed by atoms with Gasteiger partial charge in [-0.1, -0.05) is 135 Å². The van der Waals surface area contributed by atoms with Crippen molar-refractivity contribution in [3.63, 3.8) is 0 Å². The van der Waals surface area contributed by atoms with Gasteiger partial charge in [-0.2, -0.15) is 0 Å². The molecule has 11 rings (SSSR count). The van der Waals surface area contributed by atoms with Crippen LogP contribution in [0.1, 0.15) is 26.3 Å². The van der Waals surface area contributed by atoms with Gasteiger partial charge in [0.1, 0.15) is 22.3 Å². The van der Waals surface area contributed by atoms with E-state index in [1.165, 1.54) is 0 Å². The number of ketones is 1. The van der Waals surface area contributed by atoms with Crippen LogP contribution in [-0.2, 0) is 0 Å². The first kappa shape index (κ1) is 31.7. The molecular weight excluding hydrogens is 792 g/mol. The Kier molecular flexibility index (Phi) is 7.19. The Bertz CT molecular complexity index is 3210. The van der Waals surface area contributed by atoms with Crippen molar-refractivity contribution in [2.45, 2.75) is 0 Å². The third-order valence-electron chi connectivity index (χ3n) is 10.2. The molecule has 1 aliphatic carbocycles. The zero-order chi connectivity index (χ0) is 36.0. The van der Waals surface area contributed by atoms with Crippen LogP contribution >= 0.6 is 31.9 Å². The summed E-state index contributed by atoms with van der Waals surface area (Å²) in [5, 5.41) is 18.0. The summed E-state index contributed by atoms with van der Waals surface area (Å²) in [4.78, 5) is 25.1. The lowest BCUT2D eigenvalue weighted by molar-refractivity contribution is 0.0697. The quantitative estimate of drug-likeness (QED) is 0.188. The van der Waals surface area contributed by atoms with Gasteiger partial charge in [-0.25, -0.2) is 4.79 Å². The summed E-state index contributed by atoms with van der Waals surface area (Å²) in [7, 11) is 0. The van der Waals surface area contributed by atoms with Gasteiger partial charge in [0.05, 0.1) is 5.56 Å². The first-order valence-electron chi connectivity index (χ1n) is 16.9. The second kappa shape index (κ2) is 12.0. The zero-order valence-corrected chi connectivity index (χ0v) is 30.8. The van der Waals surface area contributed by atoms with Crippen molar-refractivity contribution in [2.75, 3.05) is 0 Å². The topological polar surface area (TPSA) is 80.6 Å². The summed E-state index contributed by atoms with van der Waals surface area (Å²) < 4.78 is 14.1. The van der Waals surface area contributed by atoms with Crippen molar-refractivity contribution in [2.24, 2.45) is 0 Å². The fourth-order valence-electron chi connectivity index (χ4n) is 7.88. The maximum Gasteiger partial charge on any atom is 0.336 e. The molecule has 1 N–H and O–H groups in total. The van der Waals surface area contributed by atoms with Gasteiger partial charge in [-0.15, -0.1) is 0 Å². The monoisotopic (exact) mass is 814 g/mol. The van der Waals surface area contributed by atoms with Gasteiger partial charge in [-0.3, -0.25) is 4.79 Å². The highest BCUT2D eigenvalue weighted by Crippen LogP contribution is 2.48. The number of fused-ring (bicyclic) bond motifs is 13. The number of carboxylic acids is 1. The molecule has 0 saturated carbocycles. The van der Waals surface area contributed by atoms with Crippen LogP contribution in [0.15, 0.2) is 157 Å². The van der Waals surface area contributed by atoms with E-state index in [0.717, 1.165) is 96.6 Å². The minimum Gasteiger partial charge on any atom is -0.478 e. The van der Waals surface area contributed by atoms with E-state index in [-0.39, 0.29) is 11.3 Å². The molecule has 1 aliphatic rings. The fraction of sp³-hybridized carbons (Fsp3) is 0. The maximum absolute atomic E-state index is 13.1. The summed E-state index contributed by atoms with van der Waals surface area (Å²) in [5.74, 6) is -0.909. The average Bonchev–Trinajstić information content (AvgIpc) is 3.85. The molecule has 252 valence electrons. The van der Waals surface area contributed by atoms with Crippen LogP contribution in [0, 0.1) is 0 Å². The first-order chi connectivity index (χ1) is 25.9. The lowest BCUT2D eigenvalue weighted by Crippen LogP contribution is -2.01. The van der Waals surface area contributed by atoms with E-state index in [9.17, 15) is 14.7 Å². The number of rotatable bonds is 2. The minimum atomic E-state index is -0.968. The molecule has 0 bridgehead atoms. The fourth-order valence-corrected chi connectivity index (χ4v) is 9.03. The van der Waals surface area contributed by atoms with Gasteiger partial charge in [0.15, 0.2) is 5.78 Å². The number of furan rings is 2. The van der Waals surface area contributed by atoms with Crippen molar-refractivity contribution in [1.82, 2.24) is 0 Å². The highest BCUT2D eigenvalue weighted by molar-refractivity contribution is 9.11. The van der Waals surface area contributed by atoms with Crippen LogP contribution in [0.25, 0.3) is 87.7 Å². The van der Waals surface area contributed by atoms with Gasteiger partial charge in [-0.05, 0) is 57.9 Å². The molecule has 2 aromatic heterocycles. The van der Waals surface area contributed by atoms with Gasteiger partial charge < -0.3 is 13.9 Å². The number of hydrogen-bond donors (Lipinski definition) is 1. The Morgan fingerprint density at radius 3 is 1.60 bits per heavy atom. The molecule has 5 nitrogen and oxygen atoms in total. The third-order valence-corrected chi connectivity index (χ3v) is 11.5. The van der Waals surface area contributed by atoms with Gasteiger partial charge >= 0.3 is 5.97 Å². The van der Waals surface area contributed by atoms with E-state index >= 15 is 0 Å². The van der Waals surface area contributed by atoms with E-state index < -0.39 is 5.97 Å². The lowest BCUT2D eigenvalue weighted by Gasteiger charge is -2.13. The van der Waals surface area contributed by atoms with Crippen molar-refractivity contribution in [3.05, 3.63) is 165 Å². The predicted octanol–water partition coefficient (Wildman–Crippen LogP) is 13.6. The molecule has 0 radical (unpaired) electrons. The molecule has 0 spiro atoms. The molecule has 0 fully saturated rings. The summed E-state index contributed by atoms with van der Waals surface area (Å²) in [6.07, 6.45) is 0. The Morgan fingerprint density at radius 1 is 0.453 bits per heavy atom. The number of hydrogen-bond acceptors (Lipinski definition) is 4. The number of para-hydroxylation sites is 3. The summed E-state index contributed by atoms with van der Waals surface area (Å²) in [5.41, 5.74) is 8.18. The van der Waals surface area contributed by atoms with Gasteiger partial charge in [0.25, 0.3) is 0 Å². The normalized spacial score (nSPS) is 12.2. The standard InChI is InChI=1S/C23H13BrO3.C23H11BrO2/c24-19-12-18(23(25)26)21(15-8-2-1-6-13(15)19)17-10-5-9-16-14-7-3-4-11-20(14)27-22(16)17;24-18-11-17-20(14-7-2-1-5-12(14)18)21-16(22(17)25)10-9-15-13-6-3-4-8-19(13)26-23(15)21/h1-12H,(H,25,26);1-11H. The maximum atomic E-state index is 13.1. The summed E-state index contributed by atoms with van der Waals surface area (Å²) in [6.45, 7) is 0.